The summed E-state index contributed by atoms with van der Waals surface area (Å²) in [6.45, 7) is 0.584. The number of hydrogen-bond acceptors (Lipinski definition) is 4. The van der Waals surface area contributed by atoms with Gasteiger partial charge in [0, 0.05) is 12.1 Å². The highest BCUT2D eigenvalue weighted by Gasteiger charge is 2.42. The van der Waals surface area contributed by atoms with Crippen molar-refractivity contribution in [3.8, 4) is 0 Å². The summed E-state index contributed by atoms with van der Waals surface area (Å²) in [5.41, 5.74) is 0.0113. The van der Waals surface area contributed by atoms with Crippen molar-refractivity contribution in [2.75, 3.05) is 13.2 Å². The molecule has 0 atom stereocenters. The number of rotatable bonds is 4. The maximum absolute atomic E-state index is 10.8. The molecular weight excluding hydrogens is 226 g/mol. The molecule has 0 saturated carbocycles. The number of non-ortho nitro benzene ring substituents is 1. The molecule has 0 amide bonds. The first-order valence-corrected chi connectivity index (χ1v) is 5.08. The van der Waals surface area contributed by atoms with E-state index in [0.29, 0.717) is 18.8 Å². The predicted octanol–water partition coefficient (Wildman–Crippen LogP) is 1.34. The van der Waals surface area contributed by atoms with Crippen LogP contribution in [0.1, 0.15) is 12.0 Å². The van der Waals surface area contributed by atoms with Crippen LogP contribution in [-0.4, -0.2) is 29.2 Å². The number of nitrogens with zero attached hydrogens (tertiary/aromatic N) is 1. The van der Waals surface area contributed by atoms with Crippen molar-refractivity contribution in [2.24, 2.45) is 0 Å². The average molecular weight is 237 g/mol. The van der Waals surface area contributed by atoms with Crippen LogP contribution in [0.15, 0.2) is 24.3 Å². The van der Waals surface area contributed by atoms with Gasteiger partial charge in [0.15, 0.2) is 0 Å². The summed E-state index contributed by atoms with van der Waals surface area (Å²) < 4.78 is 5.06. The molecule has 1 fully saturated rings. The van der Waals surface area contributed by atoms with Crippen LogP contribution in [-0.2, 0) is 14.9 Å². The van der Waals surface area contributed by atoms with Crippen molar-refractivity contribution in [3.05, 3.63) is 39.9 Å². The molecular formula is C11H11NO5. The Morgan fingerprint density at radius 2 is 2.24 bits per heavy atom. The van der Waals surface area contributed by atoms with Gasteiger partial charge < -0.3 is 9.84 Å². The number of hydrogen-bond donors (Lipinski definition) is 1. The summed E-state index contributed by atoms with van der Waals surface area (Å²) in [5, 5.41) is 19.5. The smallest absolute Gasteiger partial charge is 0.304 e. The third kappa shape index (κ3) is 2.12. The van der Waals surface area contributed by atoms with Gasteiger partial charge in [0.25, 0.3) is 5.69 Å². The maximum atomic E-state index is 10.8. The van der Waals surface area contributed by atoms with Crippen LogP contribution >= 0.6 is 0 Å². The molecule has 0 unspecified atom stereocenters. The van der Waals surface area contributed by atoms with Crippen molar-refractivity contribution >= 4 is 11.7 Å². The van der Waals surface area contributed by atoms with E-state index in [1.54, 1.807) is 12.1 Å². The zero-order valence-electron chi connectivity index (χ0n) is 8.96. The molecule has 6 nitrogen and oxygen atoms in total. The Morgan fingerprint density at radius 1 is 1.53 bits per heavy atom. The lowest BCUT2D eigenvalue weighted by molar-refractivity contribution is -0.385. The lowest BCUT2D eigenvalue weighted by atomic mass is 9.76. The lowest BCUT2D eigenvalue weighted by Crippen LogP contribution is -2.48. The monoisotopic (exact) mass is 237 g/mol. The van der Waals surface area contributed by atoms with Crippen LogP contribution < -0.4 is 0 Å². The van der Waals surface area contributed by atoms with Gasteiger partial charge in [0.1, 0.15) is 0 Å². The Morgan fingerprint density at radius 3 is 2.71 bits per heavy atom. The molecule has 0 aliphatic carbocycles. The lowest BCUT2D eigenvalue weighted by Gasteiger charge is -2.40. The molecule has 0 bridgehead atoms. The van der Waals surface area contributed by atoms with Crippen LogP contribution in [0, 0.1) is 10.1 Å². The first kappa shape index (κ1) is 11.5. The quantitative estimate of drug-likeness (QED) is 0.630. The Balaban J connectivity index is 2.34. The van der Waals surface area contributed by atoms with Crippen LogP contribution in [0.5, 0.6) is 0 Å². The molecule has 0 aromatic heterocycles. The molecule has 90 valence electrons. The SMILES string of the molecule is O=C(O)CC1(c2cccc([N+](=O)[O-])c2)COC1. The minimum absolute atomic E-state index is 0.0286. The number of aliphatic carboxylic acids is 1. The normalized spacial score (nSPS) is 17.2. The Hall–Kier alpha value is -1.95. The third-order valence-electron chi connectivity index (χ3n) is 2.92. The van der Waals surface area contributed by atoms with Crippen LogP contribution in [0.4, 0.5) is 5.69 Å². The van der Waals surface area contributed by atoms with E-state index in [-0.39, 0.29) is 12.1 Å². The molecule has 1 N–H and O–H groups in total. The predicted molar refractivity (Wildman–Crippen MR) is 57.8 cm³/mol. The fourth-order valence-corrected chi connectivity index (χ4v) is 1.96. The highest BCUT2D eigenvalue weighted by molar-refractivity contribution is 5.69. The van der Waals surface area contributed by atoms with Crippen molar-refractivity contribution in [2.45, 2.75) is 11.8 Å². The second-order valence-electron chi connectivity index (χ2n) is 4.15. The number of nitro benzene ring substituents is 1. The summed E-state index contributed by atoms with van der Waals surface area (Å²) in [5.74, 6) is -0.931. The first-order valence-electron chi connectivity index (χ1n) is 5.08. The molecule has 0 radical (unpaired) electrons. The molecule has 1 aliphatic rings. The highest BCUT2D eigenvalue weighted by atomic mass is 16.6. The van der Waals surface area contributed by atoms with E-state index < -0.39 is 16.3 Å². The summed E-state index contributed by atoms with van der Waals surface area (Å²) in [7, 11) is 0. The minimum atomic E-state index is -0.931. The summed E-state index contributed by atoms with van der Waals surface area (Å²) in [6, 6.07) is 6.08. The van der Waals surface area contributed by atoms with E-state index in [1.165, 1.54) is 12.1 Å². The number of carboxylic acids is 1. The van der Waals surface area contributed by atoms with E-state index in [9.17, 15) is 14.9 Å². The van der Waals surface area contributed by atoms with E-state index in [1.807, 2.05) is 0 Å². The van der Waals surface area contributed by atoms with Gasteiger partial charge in [-0.15, -0.1) is 0 Å². The number of carboxylic acid groups (broad SMARTS) is 1. The molecule has 6 heteroatoms. The Bertz CT molecular complexity index is 467. The molecule has 1 aromatic rings. The minimum Gasteiger partial charge on any atom is -0.481 e. The van der Waals surface area contributed by atoms with Gasteiger partial charge in [-0.3, -0.25) is 14.9 Å². The zero-order valence-corrected chi connectivity index (χ0v) is 8.96. The number of ether oxygens (including phenoxy) is 1. The fourth-order valence-electron chi connectivity index (χ4n) is 1.96. The van der Waals surface area contributed by atoms with Gasteiger partial charge in [0.05, 0.1) is 30.0 Å². The van der Waals surface area contributed by atoms with Crippen molar-refractivity contribution in [1.29, 1.82) is 0 Å². The first-order chi connectivity index (χ1) is 8.03. The van der Waals surface area contributed by atoms with Crippen LogP contribution in [0.25, 0.3) is 0 Å². The summed E-state index contributed by atoms with van der Waals surface area (Å²) >= 11 is 0. The molecule has 1 aliphatic heterocycles. The fraction of sp³-hybridized carbons (Fsp3) is 0.364. The van der Waals surface area contributed by atoms with Gasteiger partial charge in [-0.05, 0) is 5.56 Å². The Labute approximate surface area is 97.0 Å². The van der Waals surface area contributed by atoms with Gasteiger partial charge >= 0.3 is 5.97 Å². The molecule has 1 aromatic carbocycles. The highest BCUT2D eigenvalue weighted by Crippen LogP contribution is 2.37. The maximum Gasteiger partial charge on any atom is 0.304 e. The molecule has 2 rings (SSSR count). The summed E-state index contributed by atoms with van der Waals surface area (Å²) in [4.78, 5) is 21.0. The average Bonchev–Trinajstić information content (AvgIpc) is 2.23. The van der Waals surface area contributed by atoms with Gasteiger partial charge in [-0.2, -0.15) is 0 Å². The number of benzene rings is 1. The van der Waals surface area contributed by atoms with Gasteiger partial charge in [-0.1, -0.05) is 12.1 Å². The second-order valence-corrected chi connectivity index (χ2v) is 4.15. The number of carbonyl (C=O) groups is 1. The standard InChI is InChI=1S/C11H11NO5/c13-10(14)5-11(6-17-7-11)8-2-1-3-9(4-8)12(15)16/h1-4H,5-7H2,(H,13,14). The van der Waals surface area contributed by atoms with E-state index in [0.717, 1.165) is 0 Å². The molecule has 0 spiro atoms. The largest absolute Gasteiger partial charge is 0.481 e. The van der Waals surface area contributed by atoms with Crippen LogP contribution in [0.3, 0.4) is 0 Å². The van der Waals surface area contributed by atoms with Gasteiger partial charge in [0.2, 0.25) is 0 Å². The van der Waals surface area contributed by atoms with Gasteiger partial charge in [-0.25, -0.2) is 0 Å². The second kappa shape index (κ2) is 4.14. The van der Waals surface area contributed by atoms with Crippen LogP contribution in [0.2, 0.25) is 0 Å². The zero-order chi connectivity index (χ0) is 12.5. The van der Waals surface area contributed by atoms with Crippen molar-refractivity contribution in [3.63, 3.8) is 0 Å². The van der Waals surface area contributed by atoms with Crippen molar-refractivity contribution < 1.29 is 19.6 Å². The molecule has 17 heavy (non-hydrogen) atoms. The summed E-state index contributed by atoms with van der Waals surface area (Å²) in [6.07, 6.45) is -0.0752. The topological polar surface area (TPSA) is 89.7 Å². The van der Waals surface area contributed by atoms with Crippen molar-refractivity contribution in [1.82, 2.24) is 0 Å². The Kier molecular flexibility index (Phi) is 2.81. The van der Waals surface area contributed by atoms with E-state index >= 15 is 0 Å². The number of nitro groups is 1. The van der Waals surface area contributed by atoms with E-state index in [4.69, 9.17) is 9.84 Å². The molecule has 1 heterocycles. The van der Waals surface area contributed by atoms with E-state index in [2.05, 4.69) is 0 Å². The molecule has 1 saturated heterocycles. The third-order valence-corrected chi connectivity index (χ3v) is 2.92.